The van der Waals surface area contributed by atoms with Crippen molar-refractivity contribution in [3.63, 3.8) is 0 Å². The van der Waals surface area contributed by atoms with Crippen LogP contribution in [-0.4, -0.2) is 25.9 Å². The van der Waals surface area contributed by atoms with Crippen molar-refractivity contribution in [3.05, 3.63) is 54.1 Å². The minimum absolute atomic E-state index is 0.102. The molecule has 0 aliphatic heterocycles. The molecule has 1 atom stereocenters. The third kappa shape index (κ3) is 5.87. The van der Waals surface area contributed by atoms with Gasteiger partial charge in [0.15, 0.2) is 0 Å². The van der Waals surface area contributed by atoms with Crippen LogP contribution in [0.2, 0.25) is 0 Å². The third-order valence-corrected chi connectivity index (χ3v) is 3.50. The number of methoxy groups -OCH3 is 1. The van der Waals surface area contributed by atoms with Gasteiger partial charge in [-0.05, 0) is 25.1 Å². The standard InChI is InChI=1S/C18H19F3N2O3/c1-12(15-8-3-4-9-16(15)25-2)23-17(24)11-22-13-6-5-7-14(10-13)26-18(19,20)21/h3-10,12,22H,11H2,1-2H3,(H,23,24). The third-order valence-electron chi connectivity index (χ3n) is 3.50. The second-order valence-corrected chi connectivity index (χ2v) is 5.46. The van der Waals surface area contributed by atoms with E-state index in [9.17, 15) is 18.0 Å². The molecule has 0 saturated heterocycles. The number of hydrogen-bond donors (Lipinski definition) is 2. The van der Waals surface area contributed by atoms with Crippen LogP contribution < -0.4 is 20.1 Å². The summed E-state index contributed by atoms with van der Waals surface area (Å²) < 4.78 is 45.8. The summed E-state index contributed by atoms with van der Waals surface area (Å²) in [5.74, 6) is -0.0129. The Bertz CT molecular complexity index is 750. The molecule has 0 fully saturated rings. The molecule has 0 radical (unpaired) electrons. The van der Waals surface area contributed by atoms with Crippen LogP contribution >= 0.6 is 0 Å². The molecule has 0 aliphatic rings. The van der Waals surface area contributed by atoms with Gasteiger partial charge >= 0.3 is 6.36 Å². The molecule has 0 spiro atoms. The Kier molecular flexibility index (Phi) is 6.32. The second-order valence-electron chi connectivity index (χ2n) is 5.46. The number of alkyl halides is 3. The van der Waals surface area contributed by atoms with E-state index in [1.807, 2.05) is 25.1 Å². The Morgan fingerprint density at radius 1 is 1.15 bits per heavy atom. The van der Waals surface area contributed by atoms with Gasteiger partial charge in [0.25, 0.3) is 0 Å². The predicted molar refractivity (Wildman–Crippen MR) is 91.2 cm³/mol. The molecule has 0 aromatic heterocycles. The van der Waals surface area contributed by atoms with Crippen LogP contribution in [0.4, 0.5) is 18.9 Å². The lowest BCUT2D eigenvalue weighted by Crippen LogP contribution is -2.32. The maximum Gasteiger partial charge on any atom is 0.573 e. The van der Waals surface area contributed by atoms with E-state index in [0.717, 1.165) is 5.56 Å². The van der Waals surface area contributed by atoms with Crippen molar-refractivity contribution < 1.29 is 27.4 Å². The molecule has 1 amide bonds. The molecule has 5 nitrogen and oxygen atoms in total. The quantitative estimate of drug-likeness (QED) is 0.779. The highest BCUT2D eigenvalue weighted by atomic mass is 19.4. The number of para-hydroxylation sites is 1. The molecule has 8 heteroatoms. The van der Waals surface area contributed by atoms with Gasteiger partial charge in [0.2, 0.25) is 5.91 Å². The lowest BCUT2D eigenvalue weighted by atomic mass is 10.1. The zero-order valence-corrected chi connectivity index (χ0v) is 14.3. The molecular formula is C18H19F3N2O3. The fourth-order valence-electron chi connectivity index (χ4n) is 2.38. The Hall–Kier alpha value is -2.90. The van der Waals surface area contributed by atoms with Crippen LogP contribution in [0.15, 0.2) is 48.5 Å². The molecule has 2 N–H and O–H groups in total. The molecule has 0 bridgehead atoms. The molecule has 0 saturated carbocycles. The number of amides is 1. The first-order chi connectivity index (χ1) is 12.3. The van der Waals surface area contributed by atoms with E-state index < -0.39 is 6.36 Å². The lowest BCUT2D eigenvalue weighted by Gasteiger charge is -2.17. The monoisotopic (exact) mass is 368 g/mol. The largest absolute Gasteiger partial charge is 0.573 e. The van der Waals surface area contributed by atoms with Crippen LogP contribution in [0.25, 0.3) is 0 Å². The molecular weight excluding hydrogens is 349 g/mol. The number of benzene rings is 2. The second kappa shape index (κ2) is 8.46. The van der Waals surface area contributed by atoms with E-state index in [2.05, 4.69) is 15.4 Å². The number of rotatable bonds is 7. The Morgan fingerprint density at radius 2 is 1.88 bits per heavy atom. The minimum Gasteiger partial charge on any atom is -0.496 e. The van der Waals surface area contributed by atoms with Gasteiger partial charge in [0.05, 0.1) is 19.7 Å². The number of hydrogen-bond acceptors (Lipinski definition) is 4. The molecule has 2 rings (SSSR count). The van der Waals surface area contributed by atoms with Crippen molar-refractivity contribution >= 4 is 11.6 Å². The van der Waals surface area contributed by atoms with Crippen molar-refractivity contribution in [2.75, 3.05) is 19.0 Å². The Balaban J connectivity index is 1.91. The number of nitrogens with one attached hydrogen (secondary N) is 2. The summed E-state index contributed by atoms with van der Waals surface area (Å²) >= 11 is 0. The summed E-state index contributed by atoms with van der Waals surface area (Å²) in [5.41, 5.74) is 1.16. The number of ether oxygens (including phenoxy) is 2. The van der Waals surface area contributed by atoms with Crippen molar-refractivity contribution in [3.8, 4) is 11.5 Å². The number of anilines is 1. The van der Waals surface area contributed by atoms with Crippen LogP contribution in [0.3, 0.4) is 0 Å². The molecule has 26 heavy (non-hydrogen) atoms. The van der Waals surface area contributed by atoms with Gasteiger partial charge in [-0.1, -0.05) is 24.3 Å². The van der Waals surface area contributed by atoms with Gasteiger partial charge in [-0.3, -0.25) is 4.79 Å². The average molecular weight is 368 g/mol. The maximum absolute atomic E-state index is 12.2. The van der Waals surface area contributed by atoms with Gasteiger partial charge in [-0.2, -0.15) is 0 Å². The van der Waals surface area contributed by atoms with Crippen LogP contribution in [0.5, 0.6) is 11.5 Å². The topological polar surface area (TPSA) is 59.6 Å². The molecule has 2 aromatic rings. The summed E-state index contributed by atoms with van der Waals surface area (Å²) in [5, 5.41) is 5.57. The Morgan fingerprint density at radius 3 is 2.58 bits per heavy atom. The predicted octanol–water partition coefficient (Wildman–Crippen LogP) is 3.88. The number of halogens is 3. The zero-order valence-electron chi connectivity index (χ0n) is 14.3. The molecule has 0 heterocycles. The van der Waals surface area contributed by atoms with Crippen LogP contribution in [-0.2, 0) is 4.79 Å². The van der Waals surface area contributed by atoms with Crippen molar-refractivity contribution in [1.29, 1.82) is 0 Å². The van der Waals surface area contributed by atoms with E-state index in [1.54, 1.807) is 19.2 Å². The number of carbonyl (C=O) groups excluding carboxylic acids is 1. The maximum atomic E-state index is 12.2. The lowest BCUT2D eigenvalue weighted by molar-refractivity contribution is -0.274. The van der Waals surface area contributed by atoms with E-state index in [4.69, 9.17) is 4.74 Å². The van der Waals surface area contributed by atoms with Crippen molar-refractivity contribution in [1.82, 2.24) is 5.32 Å². The van der Waals surface area contributed by atoms with E-state index in [1.165, 1.54) is 18.2 Å². The fourth-order valence-corrected chi connectivity index (χ4v) is 2.38. The van der Waals surface area contributed by atoms with Gasteiger partial charge in [0, 0.05) is 17.3 Å². The van der Waals surface area contributed by atoms with E-state index >= 15 is 0 Å². The van der Waals surface area contributed by atoms with Crippen molar-refractivity contribution in [2.24, 2.45) is 0 Å². The smallest absolute Gasteiger partial charge is 0.496 e. The van der Waals surface area contributed by atoms with Gasteiger partial charge in [0.1, 0.15) is 11.5 Å². The minimum atomic E-state index is -4.76. The summed E-state index contributed by atoms with van der Waals surface area (Å²) in [6, 6.07) is 12.3. The average Bonchev–Trinajstić information content (AvgIpc) is 2.58. The van der Waals surface area contributed by atoms with Crippen LogP contribution in [0, 0.1) is 0 Å². The number of carbonyl (C=O) groups is 1. The van der Waals surface area contributed by atoms with E-state index in [-0.39, 0.29) is 24.2 Å². The highest BCUT2D eigenvalue weighted by Gasteiger charge is 2.31. The first kappa shape index (κ1) is 19.4. The normalized spacial score (nSPS) is 12.2. The van der Waals surface area contributed by atoms with Gasteiger partial charge in [-0.15, -0.1) is 13.2 Å². The summed E-state index contributed by atoms with van der Waals surface area (Å²) in [6.07, 6.45) is -4.76. The summed E-state index contributed by atoms with van der Waals surface area (Å²) in [4.78, 5) is 12.1. The van der Waals surface area contributed by atoms with Crippen molar-refractivity contribution in [2.45, 2.75) is 19.3 Å². The molecule has 1 unspecified atom stereocenters. The first-order valence-corrected chi connectivity index (χ1v) is 7.80. The van der Waals surface area contributed by atoms with Crippen LogP contribution in [0.1, 0.15) is 18.5 Å². The zero-order chi connectivity index (χ0) is 19.2. The molecule has 140 valence electrons. The van der Waals surface area contributed by atoms with Gasteiger partial charge < -0.3 is 20.1 Å². The fraction of sp³-hybridized carbons (Fsp3) is 0.278. The highest BCUT2D eigenvalue weighted by Crippen LogP contribution is 2.25. The highest BCUT2D eigenvalue weighted by molar-refractivity contribution is 5.81. The first-order valence-electron chi connectivity index (χ1n) is 7.80. The molecule has 0 aliphatic carbocycles. The summed E-state index contributed by atoms with van der Waals surface area (Å²) in [6.45, 7) is 1.71. The SMILES string of the molecule is COc1ccccc1C(C)NC(=O)CNc1cccc(OC(F)(F)F)c1. The van der Waals surface area contributed by atoms with E-state index in [0.29, 0.717) is 11.4 Å². The molecule has 2 aromatic carbocycles. The van der Waals surface area contributed by atoms with Gasteiger partial charge in [-0.25, -0.2) is 0 Å². The summed E-state index contributed by atoms with van der Waals surface area (Å²) in [7, 11) is 1.55. The Labute approximate surface area is 149 Å².